The number of carboxylic acids is 1. The van der Waals surface area contributed by atoms with Crippen LogP contribution in [0, 0.1) is 5.92 Å². The monoisotopic (exact) mass is 246 g/mol. The maximum Gasteiger partial charge on any atom is 0.303 e. The highest BCUT2D eigenvalue weighted by Gasteiger charge is 2.22. The molecule has 18 heavy (non-hydrogen) atoms. The van der Waals surface area contributed by atoms with Gasteiger partial charge in [0.25, 0.3) is 0 Å². The van der Waals surface area contributed by atoms with E-state index < -0.39 is 5.97 Å². The Morgan fingerprint density at radius 3 is 2.44 bits per heavy atom. The molecule has 0 spiro atoms. The van der Waals surface area contributed by atoms with E-state index in [0.717, 1.165) is 12.3 Å². The highest BCUT2D eigenvalue weighted by Crippen LogP contribution is 2.34. The zero-order valence-electron chi connectivity index (χ0n) is 10.8. The lowest BCUT2D eigenvalue weighted by Gasteiger charge is -2.26. The van der Waals surface area contributed by atoms with E-state index >= 15 is 0 Å². The Hall–Kier alpha value is -1.31. The summed E-state index contributed by atoms with van der Waals surface area (Å²) in [6.45, 7) is 0. The highest BCUT2D eigenvalue weighted by atomic mass is 16.4. The Morgan fingerprint density at radius 2 is 1.83 bits per heavy atom. The van der Waals surface area contributed by atoms with Gasteiger partial charge in [0.1, 0.15) is 0 Å². The molecule has 0 radical (unpaired) electrons. The second-order valence-corrected chi connectivity index (χ2v) is 5.45. The zero-order chi connectivity index (χ0) is 12.8. The minimum absolute atomic E-state index is 0.187. The van der Waals surface area contributed by atoms with Crippen LogP contribution in [-0.2, 0) is 4.79 Å². The molecule has 0 bridgehead atoms. The summed E-state index contributed by atoms with van der Waals surface area (Å²) in [6, 6.07) is 10.1. The zero-order valence-corrected chi connectivity index (χ0v) is 10.8. The van der Waals surface area contributed by atoms with Crippen molar-refractivity contribution < 1.29 is 9.90 Å². The van der Waals surface area contributed by atoms with Gasteiger partial charge in [-0.25, -0.2) is 0 Å². The molecule has 2 heteroatoms. The molecule has 0 saturated heterocycles. The van der Waals surface area contributed by atoms with Crippen LogP contribution in [0.5, 0.6) is 0 Å². The summed E-state index contributed by atoms with van der Waals surface area (Å²) in [7, 11) is 0. The summed E-state index contributed by atoms with van der Waals surface area (Å²) in [5, 5.41) is 9.07. The number of rotatable bonds is 5. The summed E-state index contributed by atoms with van der Waals surface area (Å²) in [4.78, 5) is 11.0. The van der Waals surface area contributed by atoms with Crippen LogP contribution >= 0.6 is 0 Å². The Balaban J connectivity index is 2.02. The predicted octanol–water partition coefficient (Wildman–Crippen LogP) is 4.22. The van der Waals surface area contributed by atoms with Crippen LogP contribution in [0.2, 0.25) is 0 Å². The van der Waals surface area contributed by atoms with Gasteiger partial charge in [-0.15, -0.1) is 0 Å². The molecule has 2 nitrogen and oxygen atoms in total. The van der Waals surface area contributed by atoms with E-state index in [1.54, 1.807) is 0 Å². The van der Waals surface area contributed by atoms with Gasteiger partial charge in [-0.3, -0.25) is 4.79 Å². The molecule has 1 aromatic carbocycles. The molecule has 98 valence electrons. The SMILES string of the molecule is O=C(O)CC(CC1CCCCC1)c1ccccc1. The number of benzene rings is 1. The molecule has 1 atom stereocenters. The highest BCUT2D eigenvalue weighted by molar-refractivity contribution is 5.68. The first-order valence-electron chi connectivity index (χ1n) is 7.02. The van der Waals surface area contributed by atoms with Crippen LogP contribution in [0.3, 0.4) is 0 Å². The molecular weight excluding hydrogens is 224 g/mol. The van der Waals surface area contributed by atoms with Crippen molar-refractivity contribution >= 4 is 5.97 Å². The first-order valence-corrected chi connectivity index (χ1v) is 7.02. The Kier molecular flexibility index (Phi) is 4.80. The molecule has 1 aliphatic rings. The number of carbonyl (C=O) groups is 1. The maximum atomic E-state index is 11.0. The second-order valence-electron chi connectivity index (χ2n) is 5.45. The van der Waals surface area contributed by atoms with Crippen molar-refractivity contribution in [1.29, 1.82) is 0 Å². The third kappa shape index (κ3) is 3.86. The summed E-state index contributed by atoms with van der Waals surface area (Å²) >= 11 is 0. The third-order valence-corrected chi connectivity index (χ3v) is 4.03. The number of hydrogen-bond acceptors (Lipinski definition) is 1. The summed E-state index contributed by atoms with van der Waals surface area (Å²) in [6.07, 6.45) is 7.85. The normalized spacial score (nSPS) is 18.4. The minimum Gasteiger partial charge on any atom is -0.481 e. The van der Waals surface area contributed by atoms with Gasteiger partial charge in [-0.05, 0) is 23.8 Å². The van der Waals surface area contributed by atoms with E-state index in [0.29, 0.717) is 0 Å². The van der Waals surface area contributed by atoms with Gasteiger partial charge in [0.05, 0.1) is 6.42 Å². The average molecular weight is 246 g/mol. The van der Waals surface area contributed by atoms with Crippen molar-refractivity contribution in [2.24, 2.45) is 5.92 Å². The van der Waals surface area contributed by atoms with Crippen molar-refractivity contribution in [3.05, 3.63) is 35.9 Å². The van der Waals surface area contributed by atoms with Crippen LogP contribution in [-0.4, -0.2) is 11.1 Å². The lowest BCUT2D eigenvalue weighted by Crippen LogP contribution is -2.14. The number of carboxylic acid groups (broad SMARTS) is 1. The summed E-state index contributed by atoms with van der Waals surface area (Å²) in [5.41, 5.74) is 1.19. The van der Waals surface area contributed by atoms with E-state index in [4.69, 9.17) is 5.11 Å². The largest absolute Gasteiger partial charge is 0.481 e. The van der Waals surface area contributed by atoms with E-state index in [2.05, 4.69) is 12.1 Å². The first-order chi connectivity index (χ1) is 8.75. The molecule has 1 unspecified atom stereocenters. The molecule has 0 heterocycles. The average Bonchev–Trinajstić information content (AvgIpc) is 2.40. The molecule has 1 saturated carbocycles. The van der Waals surface area contributed by atoms with Gasteiger partial charge >= 0.3 is 5.97 Å². The summed E-state index contributed by atoms with van der Waals surface area (Å²) < 4.78 is 0. The molecule has 1 aromatic rings. The van der Waals surface area contributed by atoms with Crippen molar-refractivity contribution in [2.75, 3.05) is 0 Å². The molecule has 0 aliphatic heterocycles. The molecule has 0 aromatic heterocycles. The molecule has 1 fully saturated rings. The lowest BCUT2D eigenvalue weighted by molar-refractivity contribution is -0.137. The Labute approximate surface area is 109 Å². The topological polar surface area (TPSA) is 37.3 Å². The fraction of sp³-hybridized carbons (Fsp3) is 0.562. The van der Waals surface area contributed by atoms with Crippen molar-refractivity contribution in [3.63, 3.8) is 0 Å². The van der Waals surface area contributed by atoms with Crippen molar-refractivity contribution in [1.82, 2.24) is 0 Å². The van der Waals surface area contributed by atoms with Crippen molar-refractivity contribution in [2.45, 2.75) is 50.9 Å². The van der Waals surface area contributed by atoms with Crippen LogP contribution in [0.15, 0.2) is 30.3 Å². The Morgan fingerprint density at radius 1 is 1.17 bits per heavy atom. The number of aliphatic carboxylic acids is 1. The quantitative estimate of drug-likeness (QED) is 0.844. The maximum absolute atomic E-state index is 11.0. The van der Waals surface area contributed by atoms with Crippen LogP contribution in [0.4, 0.5) is 0 Å². The fourth-order valence-electron chi connectivity index (χ4n) is 3.10. The van der Waals surface area contributed by atoms with Gasteiger partial charge in [-0.2, -0.15) is 0 Å². The molecule has 0 amide bonds. The first kappa shape index (κ1) is 13.1. The predicted molar refractivity (Wildman–Crippen MR) is 72.6 cm³/mol. The van der Waals surface area contributed by atoms with Crippen LogP contribution in [0.1, 0.15) is 56.4 Å². The second kappa shape index (κ2) is 6.58. The third-order valence-electron chi connectivity index (χ3n) is 4.03. The van der Waals surface area contributed by atoms with Crippen molar-refractivity contribution in [3.8, 4) is 0 Å². The van der Waals surface area contributed by atoms with E-state index in [1.165, 1.54) is 37.7 Å². The molecule has 1 aliphatic carbocycles. The van der Waals surface area contributed by atoms with Gasteiger partial charge < -0.3 is 5.11 Å². The minimum atomic E-state index is -0.681. The Bertz CT molecular complexity index is 366. The van der Waals surface area contributed by atoms with E-state index in [9.17, 15) is 4.79 Å². The van der Waals surface area contributed by atoms with E-state index in [1.807, 2.05) is 18.2 Å². The smallest absolute Gasteiger partial charge is 0.303 e. The molecular formula is C16H22O2. The van der Waals surface area contributed by atoms with Crippen LogP contribution in [0.25, 0.3) is 0 Å². The van der Waals surface area contributed by atoms with Gasteiger partial charge in [0.15, 0.2) is 0 Å². The van der Waals surface area contributed by atoms with Gasteiger partial charge in [0.2, 0.25) is 0 Å². The molecule has 1 N–H and O–H groups in total. The van der Waals surface area contributed by atoms with Gasteiger partial charge in [0, 0.05) is 0 Å². The summed E-state index contributed by atoms with van der Waals surface area (Å²) in [5.74, 6) is 0.231. The van der Waals surface area contributed by atoms with Crippen LogP contribution < -0.4 is 0 Å². The molecule has 2 rings (SSSR count). The van der Waals surface area contributed by atoms with Gasteiger partial charge in [-0.1, -0.05) is 62.4 Å². The standard InChI is InChI=1S/C16H22O2/c17-16(18)12-15(14-9-5-2-6-10-14)11-13-7-3-1-4-8-13/h2,5-6,9-10,13,15H,1,3-4,7-8,11-12H2,(H,17,18). The number of hydrogen-bond donors (Lipinski definition) is 1. The fourth-order valence-corrected chi connectivity index (χ4v) is 3.10. The van der Waals surface area contributed by atoms with E-state index in [-0.39, 0.29) is 12.3 Å². The lowest BCUT2D eigenvalue weighted by atomic mass is 9.79.